The Bertz CT molecular complexity index is 1100. The lowest BCUT2D eigenvalue weighted by Gasteiger charge is -2.31. The van der Waals surface area contributed by atoms with E-state index in [1.54, 1.807) is 21.0 Å². The van der Waals surface area contributed by atoms with E-state index in [0.29, 0.717) is 13.2 Å². The Morgan fingerprint density at radius 3 is 1.19 bits per heavy atom. The van der Waals surface area contributed by atoms with E-state index < -0.39 is 5.60 Å². The minimum Gasteiger partial charge on any atom is -0.490 e. The standard InChI is InChI=1S/C18H28O3.C17H26O3.2C2H6.CH4O/c1-8-9-10-20-16-11-13(2)17(14(3)12-16)21-15(4)18(5,6)19-7;1-7-8-9-19-15-10-12(2)16(13(3)11-15)20-14(4)17(5,6)18;3*1-2/h8-9,11-12,15H,10H2,1-7H3;7-8,10-11,14,18H,9H2,1-6H3;2*1-2H3;2H,1H3/b9-8+;8-7+;;;. The normalized spacial score (nSPS) is 12.2. The molecule has 0 radical (unpaired) electrons. The van der Waals surface area contributed by atoms with Crippen molar-refractivity contribution in [2.24, 2.45) is 0 Å². The van der Waals surface area contributed by atoms with Gasteiger partial charge < -0.3 is 33.9 Å². The number of hydrogen-bond donors (Lipinski definition) is 2. The van der Waals surface area contributed by atoms with Crippen LogP contribution in [0.3, 0.4) is 0 Å². The molecule has 2 aromatic rings. The number of benzene rings is 2. The number of methoxy groups -OCH3 is 1. The summed E-state index contributed by atoms with van der Waals surface area (Å²) in [6, 6.07) is 7.95. The van der Waals surface area contributed by atoms with E-state index in [4.69, 9.17) is 28.8 Å². The zero-order valence-electron chi connectivity index (χ0n) is 33.1. The first-order valence-corrected chi connectivity index (χ1v) is 16.8. The van der Waals surface area contributed by atoms with Gasteiger partial charge in [0.1, 0.15) is 48.4 Å². The van der Waals surface area contributed by atoms with Crippen LogP contribution in [0.5, 0.6) is 23.0 Å². The molecule has 272 valence electrons. The number of hydrogen-bond acceptors (Lipinski definition) is 7. The zero-order valence-corrected chi connectivity index (χ0v) is 33.1. The molecule has 0 bridgehead atoms. The third-order valence-corrected chi connectivity index (χ3v) is 7.12. The van der Waals surface area contributed by atoms with Crippen molar-refractivity contribution in [1.82, 2.24) is 0 Å². The zero-order chi connectivity index (χ0) is 37.4. The summed E-state index contributed by atoms with van der Waals surface area (Å²) >= 11 is 0. The molecule has 0 aromatic heterocycles. The molecular formula is C40H70O7. The highest BCUT2D eigenvalue weighted by atomic mass is 16.5. The fraction of sp³-hybridized carbons (Fsp3) is 0.600. The summed E-state index contributed by atoms with van der Waals surface area (Å²) in [6.07, 6.45) is 7.56. The molecule has 2 rings (SSSR count). The molecule has 2 aromatic carbocycles. The molecule has 0 amide bonds. The van der Waals surface area contributed by atoms with Gasteiger partial charge in [0.05, 0.1) is 11.2 Å². The molecule has 0 saturated carbocycles. The second-order valence-corrected chi connectivity index (χ2v) is 11.5. The first-order chi connectivity index (χ1) is 22.1. The number of aliphatic hydroxyl groups is 2. The van der Waals surface area contributed by atoms with Gasteiger partial charge in [-0.2, -0.15) is 0 Å². The van der Waals surface area contributed by atoms with Gasteiger partial charge in [0, 0.05) is 14.2 Å². The first-order valence-electron chi connectivity index (χ1n) is 16.8. The Labute approximate surface area is 289 Å². The van der Waals surface area contributed by atoms with Crippen molar-refractivity contribution in [1.29, 1.82) is 0 Å². The number of allylic oxidation sites excluding steroid dienone is 2. The van der Waals surface area contributed by atoms with E-state index >= 15 is 0 Å². The molecule has 0 saturated heterocycles. The van der Waals surface area contributed by atoms with Crippen LogP contribution in [0.25, 0.3) is 0 Å². The predicted molar refractivity (Wildman–Crippen MR) is 201 cm³/mol. The van der Waals surface area contributed by atoms with Crippen LogP contribution in [0, 0.1) is 27.7 Å². The quantitative estimate of drug-likeness (QED) is 0.207. The Kier molecular flexibility index (Phi) is 26.8. The highest BCUT2D eigenvalue weighted by Crippen LogP contribution is 2.32. The van der Waals surface area contributed by atoms with E-state index in [9.17, 15) is 5.11 Å². The van der Waals surface area contributed by atoms with Crippen molar-refractivity contribution in [3.63, 3.8) is 0 Å². The summed E-state index contributed by atoms with van der Waals surface area (Å²) in [7, 11) is 2.71. The molecule has 0 aliphatic rings. The predicted octanol–water partition coefficient (Wildman–Crippen LogP) is 9.91. The molecule has 0 heterocycles. The van der Waals surface area contributed by atoms with Crippen molar-refractivity contribution in [3.05, 3.63) is 70.8 Å². The number of aliphatic hydroxyl groups excluding tert-OH is 1. The lowest BCUT2D eigenvalue weighted by molar-refractivity contribution is -0.0580. The molecule has 47 heavy (non-hydrogen) atoms. The topological polar surface area (TPSA) is 86.6 Å². The van der Waals surface area contributed by atoms with E-state index in [0.717, 1.165) is 52.4 Å². The van der Waals surface area contributed by atoms with Crippen LogP contribution in [0.1, 0.15) is 105 Å². The molecule has 0 aliphatic carbocycles. The van der Waals surface area contributed by atoms with Crippen molar-refractivity contribution >= 4 is 0 Å². The molecular weight excluding hydrogens is 592 g/mol. The molecule has 0 fully saturated rings. The van der Waals surface area contributed by atoms with E-state index in [2.05, 4.69) is 0 Å². The van der Waals surface area contributed by atoms with Gasteiger partial charge >= 0.3 is 0 Å². The monoisotopic (exact) mass is 663 g/mol. The van der Waals surface area contributed by atoms with Crippen LogP contribution >= 0.6 is 0 Å². The lowest BCUT2D eigenvalue weighted by atomic mass is 10.0. The van der Waals surface area contributed by atoms with Gasteiger partial charge in [-0.15, -0.1) is 0 Å². The first kappa shape index (κ1) is 48.4. The number of rotatable bonds is 13. The van der Waals surface area contributed by atoms with Gasteiger partial charge in [-0.3, -0.25) is 0 Å². The van der Waals surface area contributed by atoms with Crippen LogP contribution in [0.2, 0.25) is 0 Å². The van der Waals surface area contributed by atoms with Gasteiger partial charge in [-0.1, -0.05) is 52.0 Å². The fourth-order valence-electron chi connectivity index (χ4n) is 3.65. The largest absolute Gasteiger partial charge is 0.490 e. The van der Waals surface area contributed by atoms with Gasteiger partial charge in [-0.25, -0.2) is 0 Å². The van der Waals surface area contributed by atoms with Gasteiger partial charge in [-0.05, 0) is 130 Å². The van der Waals surface area contributed by atoms with Crippen LogP contribution in [0.15, 0.2) is 48.6 Å². The van der Waals surface area contributed by atoms with Gasteiger partial charge in [0.2, 0.25) is 0 Å². The molecule has 7 nitrogen and oxygen atoms in total. The molecule has 0 spiro atoms. The minimum absolute atomic E-state index is 0.0466. The molecule has 7 heteroatoms. The molecule has 2 unspecified atom stereocenters. The highest BCUT2D eigenvalue weighted by molar-refractivity contribution is 5.47. The maximum atomic E-state index is 9.97. The fourth-order valence-corrected chi connectivity index (χ4v) is 3.65. The van der Waals surface area contributed by atoms with E-state index in [1.807, 2.05) is 146 Å². The average Bonchev–Trinajstić information content (AvgIpc) is 3.03. The van der Waals surface area contributed by atoms with Crippen molar-refractivity contribution in [2.45, 2.75) is 134 Å². The third-order valence-electron chi connectivity index (χ3n) is 7.12. The Morgan fingerprint density at radius 1 is 0.638 bits per heavy atom. The second-order valence-electron chi connectivity index (χ2n) is 11.5. The Morgan fingerprint density at radius 2 is 0.936 bits per heavy atom. The summed E-state index contributed by atoms with van der Waals surface area (Å²) in [6.45, 7) is 32.6. The minimum atomic E-state index is -0.875. The van der Waals surface area contributed by atoms with Crippen LogP contribution < -0.4 is 18.9 Å². The van der Waals surface area contributed by atoms with Crippen molar-refractivity contribution < 1.29 is 33.9 Å². The molecule has 0 aliphatic heterocycles. The number of ether oxygens (including phenoxy) is 5. The molecule has 2 atom stereocenters. The maximum absolute atomic E-state index is 9.97. The summed E-state index contributed by atoms with van der Waals surface area (Å²) in [5.41, 5.74) is 2.96. The van der Waals surface area contributed by atoms with E-state index in [-0.39, 0.29) is 17.8 Å². The van der Waals surface area contributed by atoms with Gasteiger partial charge in [0.25, 0.3) is 0 Å². The van der Waals surface area contributed by atoms with Crippen molar-refractivity contribution in [2.75, 3.05) is 27.4 Å². The SMILES string of the molecule is C/C=C/COc1cc(C)c(OC(C)C(C)(C)O)c(C)c1.C/C=C/COc1cc(C)c(OC(C)C(C)(C)OC)c(C)c1.CC.CC.CO. The van der Waals surface area contributed by atoms with Crippen molar-refractivity contribution in [3.8, 4) is 23.0 Å². The second kappa shape index (κ2) is 26.0. The summed E-state index contributed by atoms with van der Waals surface area (Å²) in [5, 5.41) is 17.0. The highest BCUT2D eigenvalue weighted by Gasteiger charge is 2.28. The Hall–Kier alpha value is -3.00. The lowest BCUT2D eigenvalue weighted by Crippen LogP contribution is -2.40. The summed E-state index contributed by atoms with van der Waals surface area (Å²) in [5.74, 6) is 3.43. The van der Waals surface area contributed by atoms with E-state index in [1.165, 1.54) is 0 Å². The smallest absolute Gasteiger partial charge is 0.125 e. The van der Waals surface area contributed by atoms with Crippen LogP contribution in [-0.2, 0) is 4.74 Å². The van der Waals surface area contributed by atoms with Crippen LogP contribution in [0.4, 0.5) is 0 Å². The van der Waals surface area contributed by atoms with Gasteiger partial charge in [0.15, 0.2) is 0 Å². The third kappa shape index (κ3) is 18.8. The summed E-state index contributed by atoms with van der Waals surface area (Å²) in [4.78, 5) is 0. The van der Waals surface area contributed by atoms with Crippen LogP contribution in [-0.4, -0.2) is 61.1 Å². The maximum Gasteiger partial charge on any atom is 0.125 e. The Balaban J connectivity index is -0.000000711. The molecule has 2 N–H and O–H groups in total. The number of aryl methyl sites for hydroxylation is 4. The summed E-state index contributed by atoms with van der Waals surface area (Å²) < 4.78 is 28.8. The average molecular weight is 663 g/mol.